The van der Waals surface area contributed by atoms with Crippen molar-refractivity contribution in [3.63, 3.8) is 0 Å². The highest BCUT2D eigenvalue weighted by Crippen LogP contribution is 2.28. The van der Waals surface area contributed by atoms with Gasteiger partial charge < -0.3 is 10.6 Å². The molecule has 0 unspecified atom stereocenters. The number of fused-ring (bicyclic) bond motifs is 1. The molecule has 0 fully saturated rings. The Morgan fingerprint density at radius 2 is 1.86 bits per heavy atom. The van der Waals surface area contributed by atoms with Gasteiger partial charge >= 0.3 is 0 Å². The average Bonchev–Trinajstić information content (AvgIpc) is 3.27. The summed E-state index contributed by atoms with van der Waals surface area (Å²) >= 11 is 2.94. The first kappa shape index (κ1) is 19.2. The van der Waals surface area contributed by atoms with Crippen molar-refractivity contribution in [2.75, 3.05) is 10.6 Å². The number of hydrogen-bond donors (Lipinski definition) is 2. The van der Waals surface area contributed by atoms with E-state index in [4.69, 9.17) is 0 Å². The van der Waals surface area contributed by atoms with E-state index in [1.165, 1.54) is 23.8 Å². The Morgan fingerprint density at radius 3 is 2.66 bits per heavy atom. The van der Waals surface area contributed by atoms with E-state index in [0.717, 1.165) is 27.3 Å². The molecule has 2 aromatic carbocycles. The smallest absolute Gasteiger partial charge is 0.230 e. The number of aromatic nitrogens is 2. The molecule has 4 aromatic rings. The second-order valence-corrected chi connectivity index (χ2v) is 8.48. The molecule has 0 bridgehead atoms. The molecule has 2 amide bonds. The predicted octanol–water partition coefficient (Wildman–Crippen LogP) is 4.48. The third kappa shape index (κ3) is 5.04. The summed E-state index contributed by atoms with van der Waals surface area (Å²) in [5.74, 6) is -0.278. The molecule has 4 rings (SSSR count). The standard InChI is InChI=1S/C21H18N4O2S2/c1-13(26)22-21-25-17-8-7-15(10-18(17)29-21)23-19(27)11-16-12-28-20(24-16)9-14-5-3-2-4-6-14/h2-8,10,12H,9,11H2,1H3,(H,23,27)(H,22,25,26). The van der Waals surface area contributed by atoms with E-state index < -0.39 is 0 Å². The molecule has 0 aliphatic carbocycles. The summed E-state index contributed by atoms with van der Waals surface area (Å²) in [5, 5.41) is 9.07. The summed E-state index contributed by atoms with van der Waals surface area (Å²) in [7, 11) is 0. The Balaban J connectivity index is 1.38. The molecule has 0 saturated heterocycles. The highest BCUT2D eigenvalue weighted by molar-refractivity contribution is 7.22. The quantitative estimate of drug-likeness (QED) is 0.480. The fraction of sp³-hybridized carbons (Fsp3) is 0.143. The maximum Gasteiger partial charge on any atom is 0.230 e. The lowest BCUT2D eigenvalue weighted by molar-refractivity contribution is -0.116. The summed E-state index contributed by atoms with van der Waals surface area (Å²) in [6, 6.07) is 15.6. The fourth-order valence-corrected chi connectivity index (χ4v) is 4.64. The molecule has 8 heteroatoms. The molecule has 2 N–H and O–H groups in total. The molecule has 0 saturated carbocycles. The van der Waals surface area contributed by atoms with E-state index in [0.29, 0.717) is 10.8 Å². The molecule has 0 spiro atoms. The van der Waals surface area contributed by atoms with Gasteiger partial charge in [0.25, 0.3) is 0 Å². The number of nitrogens with zero attached hydrogens (tertiary/aromatic N) is 2. The molecule has 29 heavy (non-hydrogen) atoms. The number of benzene rings is 2. The minimum Gasteiger partial charge on any atom is -0.326 e. The van der Waals surface area contributed by atoms with Crippen LogP contribution in [-0.4, -0.2) is 21.8 Å². The van der Waals surface area contributed by atoms with Crippen LogP contribution in [0.3, 0.4) is 0 Å². The maximum atomic E-state index is 12.4. The Morgan fingerprint density at radius 1 is 1.03 bits per heavy atom. The van der Waals surface area contributed by atoms with Crippen LogP contribution in [0.2, 0.25) is 0 Å². The average molecular weight is 423 g/mol. The van der Waals surface area contributed by atoms with Gasteiger partial charge in [0.05, 0.1) is 27.3 Å². The van der Waals surface area contributed by atoms with Crippen LogP contribution in [-0.2, 0) is 22.4 Å². The van der Waals surface area contributed by atoms with Gasteiger partial charge in [0.1, 0.15) is 0 Å². The van der Waals surface area contributed by atoms with Crippen LogP contribution in [0, 0.1) is 0 Å². The number of carbonyl (C=O) groups is 2. The van der Waals surface area contributed by atoms with Gasteiger partial charge in [-0.25, -0.2) is 9.97 Å². The van der Waals surface area contributed by atoms with Crippen LogP contribution in [0.25, 0.3) is 10.2 Å². The first-order valence-electron chi connectivity index (χ1n) is 9.00. The number of hydrogen-bond acceptors (Lipinski definition) is 6. The van der Waals surface area contributed by atoms with Gasteiger partial charge in [0, 0.05) is 24.4 Å². The van der Waals surface area contributed by atoms with Crippen molar-refractivity contribution in [3.8, 4) is 0 Å². The third-order valence-electron chi connectivity index (χ3n) is 4.09. The lowest BCUT2D eigenvalue weighted by atomic mass is 10.2. The molecule has 2 heterocycles. The zero-order valence-corrected chi connectivity index (χ0v) is 17.3. The Kier molecular flexibility index (Phi) is 5.64. The maximum absolute atomic E-state index is 12.4. The van der Waals surface area contributed by atoms with E-state index in [9.17, 15) is 9.59 Å². The lowest BCUT2D eigenvalue weighted by Crippen LogP contribution is -2.14. The van der Waals surface area contributed by atoms with Crippen LogP contribution in [0.4, 0.5) is 10.8 Å². The number of rotatable bonds is 6. The first-order chi connectivity index (χ1) is 14.0. The van der Waals surface area contributed by atoms with E-state index >= 15 is 0 Å². The minimum absolute atomic E-state index is 0.118. The van der Waals surface area contributed by atoms with Gasteiger partial charge in [-0.1, -0.05) is 41.7 Å². The van der Waals surface area contributed by atoms with Gasteiger partial charge in [0.2, 0.25) is 11.8 Å². The molecule has 2 aromatic heterocycles. The highest BCUT2D eigenvalue weighted by atomic mass is 32.1. The van der Waals surface area contributed by atoms with Gasteiger partial charge in [-0.2, -0.15) is 0 Å². The highest BCUT2D eigenvalue weighted by Gasteiger charge is 2.11. The number of anilines is 2. The molecule has 0 atom stereocenters. The van der Waals surface area contributed by atoms with Gasteiger partial charge in [-0.3, -0.25) is 9.59 Å². The number of nitrogens with one attached hydrogen (secondary N) is 2. The minimum atomic E-state index is -0.160. The molecule has 0 aliphatic heterocycles. The molecular formula is C21H18N4O2S2. The van der Waals surface area contributed by atoms with E-state index in [2.05, 4.69) is 32.7 Å². The van der Waals surface area contributed by atoms with Crippen LogP contribution in [0.1, 0.15) is 23.2 Å². The molecule has 146 valence electrons. The Bertz CT molecular complexity index is 1170. The molecule has 0 radical (unpaired) electrons. The largest absolute Gasteiger partial charge is 0.326 e. The fourth-order valence-electron chi connectivity index (χ4n) is 2.86. The van der Waals surface area contributed by atoms with Gasteiger partial charge in [-0.15, -0.1) is 11.3 Å². The van der Waals surface area contributed by atoms with E-state index in [1.54, 1.807) is 17.4 Å². The Hall–Kier alpha value is -3.10. The van der Waals surface area contributed by atoms with E-state index in [1.807, 2.05) is 35.7 Å². The van der Waals surface area contributed by atoms with Crippen molar-refractivity contribution in [2.24, 2.45) is 0 Å². The SMILES string of the molecule is CC(=O)Nc1nc2ccc(NC(=O)Cc3csc(Cc4ccccc4)n3)cc2s1. The predicted molar refractivity (Wildman–Crippen MR) is 118 cm³/mol. The van der Waals surface area contributed by atoms with Crippen molar-refractivity contribution in [1.29, 1.82) is 0 Å². The second-order valence-electron chi connectivity index (χ2n) is 6.50. The zero-order chi connectivity index (χ0) is 20.2. The second kappa shape index (κ2) is 8.50. The third-order valence-corrected chi connectivity index (χ3v) is 5.93. The van der Waals surface area contributed by atoms with Gasteiger partial charge in [-0.05, 0) is 23.8 Å². The molecule has 0 aliphatic rings. The first-order valence-corrected chi connectivity index (χ1v) is 10.7. The zero-order valence-electron chi connectivity index (χ0n) is 15.6. The topological polar surface area (TPSA) is 84.0 Å². The molecular weight excluding hydrogens is 404 g/mol. The molecule has 6 nitrogen and oxygen atoms in total. The van der Waals surface area contributed by atoms with Crippen molar-refractivity contribution in [2.45, 2.75) is 19.8 Å². The summed E-state index contributed by atoms with van der Waals surface area (Å²) in [5.41, 5.74) is 3.45. The summed E-state index contributed by atoms with van der Waals surface area (Å²) < 4.78 is 0.894. The van der Waals surface area contributed by atoms with Crippen molar-refractivity contribution < 1.29 is 9.59 Å². The Labute approximate surface area is 175 Å². The van der Waals surface area contributed by atoms with Crippen LogP contribution in [0.15, 0.2) is 53.9 Å². The van der Waals surface area contributed by atoms with Gasteiger partial charge in [0.15, 0.2) is 5.13 Å². The summed E-state index contributed by atoms with van der Waals surface area (Å²) in [6.07, 6.45) is 0.995. The monoisotopic (exact) mass is 422 g/mol. The number of carbonyl (C=O) groups excluding carboxylic acids is 2. The summed E-state index contributed by atoms with van der Waals surface area (Å²) in [6.45, 7) is 1.45. The summed E-state index contributed by atoms with van der Waals surface area (Å²) in [4.78, 5) is 32.5. The van der Waals surface area contributed by atoms with Crippen molar-refractivity contribution >= 4 is 55.5 Å². The normalized spacial score (nSPS) is 10.8. The lowest BCUT2D eigenvalue weighted by Gasteiger charge is -2.03. The van der Waals surface area contributed by atoms with Crippen LogP contribution >= 0.6 is 22.7 Å². The van der Waals surface area contributed by atoms with Crippen LogP contribution < -0.4 is 10.6 Å². The number of thiazole rings is 2. The number of amides is 2. The van der Waals surface area contributed by atoms with Crippen LogP contribution in [0.5, 0.6) is 0 Å². The van der Waals surface area contributed by atoms with Crippen molar-refractivity contribution in [3.05, 3.63) is 70.2 Å². The van der Waals surface area contributed by atoms with E-state index in [-0.39, 0.29) is 18.2 Å². The van der Waals surface area contributed by atoms with Crippen molar-refractivity contribution in [1.82, 2.24) is 9.97 Å².